The molecule has 0 radical (unpaired) electrons. The SMILES string of the molecule is O=C(O)C1CC2(CCN(C(=O)OCc3ccccc3)C2)C1. The summed E-state index contributed by atoms with van der Waals surface area (Å²) in [5.74, 6) is -0.948. The van der Waals surface area contributed by atoms with Crippen molar-refractivity contribution < 1.29 is 19.4 Å². The number of likely N-dealkylation sites (tertiary alicyclic amines) is 1. The molecule has 0 bridgehead atoms. The molecule has 1 heterocycles. The number of ether oxygens (including phenoxy) is 1. The Morgan fingerprint density at radius 3 is 2.67 bits per heavy atom. The van der Waals surface area contributed by atoms with Gasteiger partial charge in [-0.05, 0) is 30.2 Å². The molecular formula is C16H19NO4. The van der Waals surface area contributed by atoms with Crippen molar-refractivity contribution in [2.45, 2.75) is 25.9 Å². The Morgan fingerprint density at radius 1 is 1.29 bits per heavy atom. The van der Waals surface area contributed by atoms with Crippen molar-refractivity contribution in [3.63, 3.8) is 0 Å². The Kier molecular flexibility index (Phi) is 3.57. The van der Waals surface area contributed by atoms with Crippen LogP contribution in [0.2, 0.25) is 0 Å². The van der Waals surface area contributed by atoms with E-state index in [2.05, 4.69) is 0 Å². The molecule has 1 aromatic carbocycles. The quantitative estimate of drug-likeness (QED) is 0.928. The molecule has 1 N–H and O–H groups in total. The second-order valence-electron chi connectivity index (χ2n) is 6.16. The molecule has 1 saturated carbocycles. The zero-order valence-corrected chi connectivity index (χ0v) is 11.8. The van der Waals surface area contributed by atoms with E-state index >= 15 is 0 Å². The van der Waals surface area contributed by atoms with Crippen LogP contribution in [0.3, 0.4) is 0 Å². The van der Waals surface area contributed by atoms with Gasteiger partial charge in [-0.2, -0.15) is 0 Å². The van der Waals surface area contributed by atoms with Gasteiger partial charge in [0.15, 0.2) is 0 Å². The Bertz CT molecular complexity index is 536. The van der Waals surface area contributed by atoms with E-state index in [1.165, 1.54) is 0 Å². The molecule has 1 aliphatic carbocycles. The number of carbonyl (C=O) groups excluding carboxylic acids is 1. The van der Waals surface area contributed by atoms with Crippen LogP contribution in [0.25, 0.3) is 0 Å². The number of rotatable bonds is 3. The minimum absolute atomic E-state index is 0.0226. The number of carboxylic acid groups (broad SMARTS) is 1. The minimum atomic E-state index is -0.717. The van der Waals surface area contributed by atoms with Crippen LogP contribution in [0.5, 0.6) is 0 Å². The number of hydrogen-bond donors (Lipinski definition) is 1. The summed E-state index contributed by atoms with van der Waals surface area (Å²) in [7, 11) is 0. The zero-order valence-electron chi connectivity index (χ0n) is 11.8. The Morgan fingerprint density at radius 2 is 2.00 bits per heavy atom. The summed E-state index contributed by atoms with van der Waals surface area (Å²) in [6, 6.07) is 9.58. The van der Waals surface area contributed by atoms with Gasteiger partial charge in [-0.25, -0.2) is 4.79 Å². The first-order valence-electron chi connectivity index (χ1n) is 7.26. The van der Waals surface area contributed by atoms with Gasteiger partial charge in [0.05, 0.1) is 5.92 Å². The lowest BCUT2D eigenvalue weighted by Gasteiger charge is -2.42. The monoisotopic (exact) mass is 289 g/mol. The predicted molar refractivity (Wildman–Crippen MR) is 75.6 cm³/mol. The molecule has 5 heteroatoms. The molecule has 5 nitrogen and oxygen atoms in total. The predicted octanol–water partition coefficient (Wildman–Crippen LogP) is 2.51. The Hall–Kier alpha value is -2.04. The van der Waals surface area contributed by atoms with Gasteiger partial charge < -0.3 is 14.7 Å². The highest BCUT2D eigenvalue weighted by Gasteiger charge is 2.52. The van der Waals surface area contributed by atoms with E-state index in [0.717, 1.165) is 12.0 Å². The van der Waals surface area contributed by atoms with Crippen LogP contribution < -0.4 is 0 Å². The fraction of sp³-hybridized carbons (Fsp3) is 0.500. The molecule has 1 amide bonds. The third kappa shape index (κ3) is 2.86. The van der Waals surface area contributed by atoms with Gasteiger partial charge in [0, 0.05) is 13.1 Å². The van der Waals surface area contributed by atoms with Crippen molar-refractivity contribution in [2.24, 2.45) is 11.3 Å². The first-order chi connectivity index (χ1) is 10.1. The number of benzene rings is 1. The van der Waals surface area contributed by atoms with Crippen molar-refractivity contribution in [2.75, 3.05) is 13.1 Å². The van der Waals surface area contributed by atoms with Crippen molar-refractivity contribution in [1.82, 2.24) is 4.90 Å². The summed E-state index contributed by atoms with van der Waals surface area (Å²) in [4.78, 5) is 24.6. The van der Waals surface area contributed by atoms with Gasteiger partial charge in [-0.15, -0.1) is 0 Å². The lowest BCUT2D eigenvalue weighted by molar-refractivity contribution is -0.149. The number of nitrogens with zero attached hydrogens (tertiary/aromatic N) is 1. The second-order valence-corrected chi connectivity index (χ2v) is 6.16. The molecule has 0 atom stereocenters. The molecule has 1 spiro atoms. The van der Waals surface area contributed by atoms with Gasteiger partial charge in [0.1, 0.15) is 6.61 Å². The van der Waals surface area contributed by atoms with E-state index in [1.807, 2.05) is 30.3 Å². The first kappa shape index (κ1) is 13.9. The van der Waals surface area contributed by atoms with Crippen molar-refractivity contribution in [1.29, 1.82) is 0 Å². The summed E-state index contributed by atoms with van der Waals surface area (Å²) in [6.07, 6.45) is 1.96. The number of amides is 1. The molecule has 2 aliphatic rings. The largest absolute Gasteiger partial charge is 0.481 e. The summed E-state index contributed by atoms with van der Waals surface area (Å²) in [5.41, 5.74) is 0.990. The maximum absolute atomic E-state index is 12.0. The zero-order chi connectivity index (χ0) is 14.9. The fourth-order valence-electron chi connectivity index (χ4n) is 3.39. The highest BCUT2D eigenvalue weighted by molar-refractivity contribution is 5.72. The molecule has 3 rings (SSSR count). The van der Waals surface area contributed by atoms with E-state index in [4.69, 9.17) is 9.84 Å². The molecule has 1 aliphatic heterocycles. The lowest BCUT2D eigenvalue weighted by Crippen LogP contribution is -2.43. The normalized spacial score (nSPS) is 27.4. The van der Waals surface area contributed by atoms with Crippen LogP contribution >= 0.6 is 0 Å². The van der Waals surface area contributed by atoms with Crippen LogP contribution in [-0.4, -0.2) is 35.2 Å². The van der Waals surface area contributed by atoms with E-state index in [0.29, 0.717) is 25.9 Å². The van der Waals surface area contributed by atoms with Gasteiger partial charge in [0.25, 0.3) is 0 Å². The van der Waals surface area contributed by atoms with Gasteiger partial charge in [0.2, 0.25) is 0 Å². The van der Waals surface area contributed by atoms with Crippen LogP contribution in [0.4, 0.5) is 4.79 Å². The number of hydrogen-bond acceptors (Lipinski definition) is 3. The van der Waals surface area contributed by atoms with E-state index in [-0.39, 0.29) is 24.0 Å². The van der Waals surface area contributed by atoms with Crippen LogP contribution in [0.15, 0.2) is 30.3 Å². The Balaban J connectivity index is 1.48. The second kappa shape index (κ2) is 5.39. The van der Waals surface area contributed by atoms with Gasteiger partial charge in [-0.1, -0.05) is 30.3 Å². The maximum atomic E-state index is 12.0. The highest BCUT2D eigenvalue weighted by atomic mass is 16.6. The topological polar surface area (TPSA) is 66.8 Å². The minimum Gasteiger partial charge on any atom is -0.481 e. The summed E-state index contributed by atoms with van der Waals surface area (Å²) >= 11 is 0. The first-order valence-corrected chi connectivity index (χ1v) is 7.26. The molecule has 21 heavy (non-hydrogen) atoms. The summed E-state index contributed by atoms with van der Waals surface area (Å²) in [5, 5.41) is 8.96. The van der Waals surface area contributed by atoms with E-state index < -0.39 is 5.97 Å². The lowest BCUT2D eigenvalue weighted by atomic mass is 9.61. The molecule has 0 aromatic heterocycles. The smallest absolute Gasteiger partial charge is 0.410 e. The number of carbonyl (C=O) groups is 2. The van der Waals surface area contributed by atoms with Gasteiger partial charge in [-0.3, -0.25) is 4.79 Å². The number of carboxylic acids is 1. The molecular weight excluding hydrogens is 270 g/mol. The molecule has 1 aromatic rings. The third-order valence-corrected chi connectivity index (χ3v) is 4.61. The molecule has 2 fully saturated rings. The maximum Gasteiger partial charge on any atom is 0.410 e. The van der Waals surface area contributed by atoms with Crippen molar-refractivity contribution in [3.05, 3.63) is 35.9 Å². The molecule has 1 saturated heterocycles. The molecule has 0 unspecified atom stereocenters. The number of aliphatic carboxylic acids is 1. The van der Waals surface area contributed by atoms with Crippen LogP contribution in [0, 0.1) is 11.3 Å². The average molecular weight is 289 g/mol. The summed E-state index contributed by atoms with van der Waals surface area (Å²) < 4.78 is 5.32. The fourth-order valence-corrected chi connectivity index (χ4v) is 3.39. The van der Waals surface area contributed by atoms with Gasteiger partial charge >= 0.3 is 12.1 Å². The summed E-state index contributed by atoms with van der Waals surface area (Å²) in [6.45, 7) is 1.57. The highest BCUT2D eigenvalue weighted by Crippen LogP contribution is 2.51. The Labute approximate surface area is 123 Å². The van der Waals surface area contributed by atoms with E-state index in [1.54, 1.807) is 4.90 Å². The van der Waals surface area contributed by atoms with Crippen molar-refractivity contribution in [3.8, 4) is 0 Å². The van der Waals surface area contributed by atoms with Crippen LogP contribution in [-0.2, 0) is 16.1 Å². The van der Waals surface area contributed by atoms with Crippen molar-refractivity contribution >= 4 is 12.1 Å². The standard InChI is InChI=1S/C16H19NO4/c18-14(19)13-8-16(9-13)6-7-17(11-16)15(20)21-10-12-4-2-1-3-5-12/h1-5,13H,6-11H2,(H,18,19). The van der Waals surface area contributed by atoms with E-state index in [9.17, 15) is 9.59 Å². The third-order valence-electron chi connectivity index (χ3n) is 4.61. The average Bonchev–Trinajstić information content (AvgIpc) is 2.89. The van der Waals surface area contributed by atoms with Crippen LogP contribution in [0.1, 0.15) is 24.8 Å². The molecule has 112 valence electrons.